The molecule has 0 spiro atoms. The van der Waals surface area contributed by atoms with Crippen molar-refractivity contribution in [1.82, 2.24) is 0 Å². The number of rotatable bonds is 9. The molecular formula is C22H28N4O3. The van der Waals surface area contributed by atoms with Crippen molar-refractivity contribution in [3.05, 3.63) is 47.5 Å². The lowest BCUT2D eigenvalue weighted by molar-refractivity contribution is -0.120. The van der Waals surface area contributed by atoms with Gasteiger partial charge in [-0.2, -0.15) is 0 Å². The molecule has 0 saturated heterocycles. The van der Waals surface area contributed by atoms with Crippen LogP contribution in [0.1, 0.15) is 36.8 Å². The molecule has 0 bridgehead atoms. The van der Waals surface area contributed by atoms with Crippen molar-refractivity contribution in [2.45, 2.75) is 25.7 Å². The van der Waals surface area contributed by atoms with Gasteiger partial charge in [0, 0.05) is 36.9 Å². The highest BCUT2D eigenvalue weighted by Gasteiger charge is 2.26. The van der Waals surface area contributed by atoms with Crippen LogP contribution in [0.5, 0.6) is 0 Å². The van der Waals surface area contributed by atoms with Crippen LogP contribution < -0.4 is 22.1 Å². The standard InChI is InChI=1S/C22H28N4O3/c1-14-19-11-15(25-21(27)7-9-24)3-5-17(19)18-6-4-16(12-20(14)18)26-22(28)13-29-10-2-8-23/h3-6,11-12,14H,2,7-10,13,23-24H2,1H3,(H,25,27)(H,26,28). The number of benzene rings is 2. The predicted molar refractivity (Wildman–Crippen MR) is 115 cm³/mol. The molecule has 2 amide bonds. The van der Waals surface area contributed by atoms with Crippen molar-refractivity contribution in [1.29, 1.82) is 0 Å². The average Bonchev–Trinajstić information content (AvgIpc) is 2.97. The molecule has 1 aliphatic rings. The molecule has 1 aliphatic carbocycles. The monoisotopic (exact) mass is 396 g/mol. The van der Waals surface area contributed by atoms with E-state index >= 15 is 0 Å². The van der Waals surface area contributed by atoms with Gasteiger partial charge < -0.3 is 26.8 Å². The van der Waals surface area contributed by atoms with Crippen LogP contribution in [-0.2, 0) is 14.3 Å². The summed E-state index contributed by atoms with van der Waals surface area (Å²) in [5.74, 6) is -0.117. The summed E-state index contributed by atoms with van der Waals surface area (Å²) in [4.78, 5) is 23.9. The smallest absolute Gasteiger partial charge is 0.250 e. The van der Waals surface area contributed by atoms with Crippen LogP contribution in [0.4, 0.5) is 11.4 Å². The number of carbonyl (C=O) groups excluding carboxylic acids is 2. The second kappa shape index (κ2) is 9.65. The minimum Gasteiger partial charge on any atom is -0.372 e. The van der Waals surface area contributed by atoms with Gasteiger partial charge in [-0.1, -0.05) is 19.1 Å². The molecule has 0 radical (unpaired) electrons. The van der Waals surface area contributed by atoms with Crippen LogP contribution in [0.25, 0.3) is 11.1 Å². The molecule has 7 heteroatoms. The second-order valence-electron chi connectivity index (χ2n) is 7.16. The van der Waals surface area contributed by atoms with Crippen LogP contribution in [0.3, 0.4) is 0 Å². The van der Waals surface area contributed by atoms with E-state index in [2.05, 4.69) is 17.6 Å². The maximum atomic E-state index is 12.1. The highest BCUT2D eigenvalue weighted by atomic mass is 16.5. The number of amides is 2. The average molecular weight is 396 g/mol. The number of nitrogens with two attached hydrogens (primary N) is 2. The number of hydrogen-bond acceptors (Lipinski definition) is 5. The molecule has 2 aromatic carbocycles. The molecule has 7 nitrogen and oxygen atoms in total. The van der Waals surface area contributed by atoms with E-state index in [0.29, 0.717) is 26.1 Å². The Hall–Kier alpha value is -2.74. The summed E-state index contributed by atoms with van der Waals surface area (Å²) in [5.41, 5.74) is 16.9. The Morgan fingerprint density at radius 3 is 2.07 bits per heavy atom. The molecule has 29 heavy (non-hydrogen) atoms. The van der Waals surface area contributed by atoms with E-state index in [1.54, 1.807) is 0 Å². The second-order valence-corrected chi connectivity index (χ2v) is 7.16. The zero-order valence-corrected chi connectivity index (χ0v) is 16.7. The minimum atomic E-state index is -0.185. The Labute approximate surface area is 170 Å². The Balaban J connectivity index is 1.71. The number of carbonyl (C=O) groups is 2. The van der Waals surface area contributed by atoms with E-state index in [-0.39, 0.29) is 24.3 Å². The predicted octanol–water partition coefficient (Wildman–Crippen LogP) is 2.41. The van der Waals surface area contributed by atoms with E-state index in [9.17, 15) is 9.59 Å². The highest BCUT2D eigenvalue weighted by Crippen LogP contribution is 2.46. The van der Waals surface area contributed by atoms with Gasteiger partial charge in [0.1, 0.15) is 6.61 Å². The fourth-order valence-corrected chi connectivity index (χ4v) is 3.56. The van der Waals surface area contributed by atoms with Crippen molar-refractivity contribution < 1.29 is 14.3 Å². The lowest BCUT2D eigenvalue weighted by Crippen LogP contribution is -2.19. The summed E-state index contributed by atoms with van der Waals surface area (Å²) in [6.07, 6.45) is 1.03. The molecule has 154 valence electrons. The minimum absolute atomic E-state index is 0.0126. The van der Waals surface area contributed by atoms with Crippen LogP contribution >= 0.6 is 0 Å². The molecule has 6 N–H and O–H groups in total. The third kappa shape index (κ3) is 5.00. The Morgan fingerprint density at radius 2 is 1.52 bits per heavy atom. The molecule has 0 aromatic heterocycles. The van der Waals surface area contributed by atoms with Gasteiger partial charge in [0.25, 0.3) is 0 Å². The molecule has 1 atom stereocenters. The summed E-state index contributed by atoms with van der Waals surface area (Å²) in [7, 11) is 0. The van der Waals surface area contributed by atoms with E-state index < -0.39 is 0 Å². The third-order valence-electron chi connectivity index (χ3n) is 4.99. The Bertz CT molecular complexity index is 898. The number of anilines is 2. The quantitative estimate of drug-likeness (QED) is 0.485. The van der Waals surface area contributed by atoms with Crippen molar-refractivity contribution in [2.75, 3.05) is 36.9 Å². The Kier molecular flexibility index (Phi) is 6.98. The van der Waals surface area contributed by atoms with Gasteiger partial charge in [0.05, 0.1) is 0 Å². The van der Waals surface area contributed by atoms with Gasteiger partial charge in [-0.15, -0.1) is 0 Å². The van der Waals surface area contributed by atoms with E-state index in [1.807, 2.05) is 36.4 Å². The first-order valence-corrected chi connectivity index (χ1v) is 9.89. The van der Waals surface area contributed by atoms with Crippen molar-refractivity contribution >= 4 is 23.2 Å². The summed E-state index contributed by atoms with van der Waals surface area (Å²) < 4.78 is 5.30. The number of ether oxygens (including phenoxy) is 1. The molecule has 0 saturated carbocycles. The molecule has 1 unspecified atom stereocenters. The van der Waals surface area contributed by atoms with Gasteiger partial charge in [-0.3, -0.25) is 9.59 Å². The van der Waals surface area contributed by atoms with E-state index in [4.69, 9.17) is 16.2 Å². The molecule has 0 aliphatic heterocycles. The number of nitrogens with one attached hydrogen (secondary N) is 2. The first kappa shape index (κ1) is 21.0. The van der Waals surface area contributed by atoms with Crippen molar-refractivity contribution in [2.24, 2.45) is 11.5 Å². The van der Waals surface area contributed by atoms with Gasteiger partial charge in [0.2, 0.25) is 11.8 Å². The summed E-state index contributed by atoms with van der Waals surface area (Å²) >= 11 is 0. The maximum Gasteiger partial charge on any atom is 0.250 e. The molecular weight excluding hydrogens is 368 g/mol. The number of fused-ring (bicyclic) bond motifs is 3. The van der Waals surface area contributed by atoms with Crippen molar-refractivity contribution in [3.8, 4) is 11.1 Å². The Morgan fingerprint density at radius 1 is 0.931 bits per heavy atom. The molecule has 3 rings (SSSR count). The lowest BCUT2D eigenvalue weighted by atomic mass is 9.98. The fourth-order valence-electron chi connectivity index (χ4n) is 3.56. The third-order valence-corrected chi connectivity index (χ3v) is 4.99. The molecule has 0 fully saturated rings. The topological polar surface area (TPSA) is 119 Å². The molecule has 2 aromatic rings. The fraction of sp³-hybridized carbons (Fsp3) is 0.364. The van der Waals surface area contributed by atoms with E-state index in [1.165, 1.54) is 0 Å². The van der Waals surface area contributed by atoms with Crippen molar-refractivity contribution in [3.63, 3.8) is 0 Å². The van der Waals surface area contributed by atoms with Crippen LogP contribution in [0, 0.1) is 0 Å². The zero-order valence-electron chi connectivity index (χ0n) is 16.7. The highest BCUT2D eigenvalue weighted by molar-refractivity contribution is 5.94. The van der Waals surface area contributed by atoms with E-state index in [0.717, 1.165) is 40.0 Å². The van der Waals surface area contributed by atoms with Crippen LogP contribution in [-0.4, -0.2) is 38.1 Å². The summed E-state index contributed by atoms with van der Waals surface area (Å²) in [6, 6.07) is 11.9. The lowest BCUT2D eigenvalue weighted by Gasteiger charge is -2.11. The zero-order chi connectivity index (χ0) is 20.8. The van der Waals surface area contributed by atoms with Crippen LogP contribution in [0.15, 0.2) is 36.4 Å². The first-order valence-electron chi connectivity index (χ1n) is 9.89. The van der Waals surface area contributed by atoms with Gasteiger partial charge >= 0.3 is 0 Å². The maximum absolute atomic E-state index is 12.1. The van der Waals surface area contributed by atoms with Gasteiger partial charge in [-0.25, -0.2) is 0 Å². The van der Waals surface area contributed by atoms with Gasteiger partial charge in [0.15, 0.2) is 0 Å². The molecule has 0 heterocycles. The van der Waals surface area contributed by atoms with Gasteiger partial charge in [-0.05, 0) is 59.5 Å². The normalized spacial score (nSPS) is 14.2. The first-order chi connectivity index (χ1) is 14.0. The van der Waals surface area contributed by atoms with Crippen LogP contribution in [0.2, 0.25) is 0 Å². The SMILES string of the molecule is CC1c2cc(NC(=O)CCN)ccc2-c2ccc(NC(=O)COCCCN)cc21. The number of hydrogen-bond donors (Lipinski definition) is 4. The summed E-state index contributed by atoms with van der Waals surface area (Å²) in [6.45, 7) is 3.48. The summed E-state index contributed by atoms with van der Waals surface area (Å²) in [5, 5.41) is 5.77. The largest absolute Gasteiger partial charge is 0.372 e.